The molecule has 0 spiro atoms. The topological polar surface area (TPSA) is 104 Å². The van der Waals surface area contributed by atoms with Crippen molar-refractivity contribution in [3.63, 3.8) is 0 Å². The Morgan fingerprint density at radius 3 is 2.77 bits per heavy atom. The summed E-state index contributed by atoms with van der Waals surface area (Å²) in [4.78, 5) is 46.4. The molecule has 0 unspecified atom stereocenters. The van der Waals surface area contributed by atoms with Gasteiger partial charge in [-0.15, -0.1) is 11.3 Å². The number of carbonyl (C=O) groups is 2. The van der Waals surface area contributed by atoms with Crippen LogP contribution in [0.2, 0.25) is 0 Å². The zero-order valence-electron chi connectivity index (χ0n) is 17.1. The van der Waals surface area contributed by atoms with Crippen LogP contribution in [0.25, 0.3) is 10.2 Å². The van der Waals surface area contributed by atoms with Gasteiger partial charge in [0.1, 0.15) is 10.7 Å². The van der Waals surface area contributed by atoms with Crippen molar-refractivity contribution >= 4 is 33.4 Å². The minimum absolute atomic E-state index is 0.104. The van der Waals surface area contributed by atoms with Crippen molar-refractivity contribution in [3.8, 4) is 0 Å². The molecule has 2 aromatic heterocycles. The lowest BCUT2D eigenvalue weighted by Gasteiger charge is -2.10. The minimum atomic E-state index is -0.363. The molecule has 0 saturated carbocycles. The van der Waals surface area contributed by atoms with Crippen LogP contribution in [-0.2, 0) is 24.1 Å². The van der Waals surface area contributed by atoms with Gasteiger partial charge in [-0.2, -0.15) is 0 Å². The molecule has 0 atom stereocenters. The molecule has 2 heterocycles. The van der Waals surface area contributed by atoms with E-state index in [1.807, 2.05) is 26.0 Å². The largest absolute Gasteiger partial charge is 0.310 e. The summed E-state index contributed by atoms with van der Waals surface area (Å²) in [5.41, 5.74) is 8.31. The highest BCUT2D eigenvalue weighted by molar-refractivity contribution is 7.18. The number of benzene rings is 1. The van der Waals surface area contributed by atoms with Crippen LogP contribution in [-0.4, -0.2) is 21.8 Å². The van der Waals surface area contributed by atoms with E-state index in [0.29, 0.717) is 23.2 Å². The van der Waals surface area contributed by atoms with Crippen molar-refractivity contribution in [2.24, 2.45) is 0 Å². The molecule has 3 aromatic rings. The third-order valence-electron chi connectivity index (χ3n) is 5.40. The first-order valence-electron chi connectivity index (χ1n) is 10.1. The van der Waals surface area contributed by atoms with Crippen molar-refractivity contribution in [1.29, 1.82) is 0 Å². The van der Waals surface area contributed by atoms with Crippen LogP contribution in [0, 0.1) is 13.8 Å². The quantitative estimate of drug-likeness (QED) is 0.560. The van der Waals surface area contributed by atoms with E-state index in [-0.39, 0.29) is 23.8 Å². The molecule has 4 rings (SSSR count). The second-order valence-electron chi connectivity index (χ2n) is 7.72. The van der Waals surface area contributed by atoms with Crippen LogP contribution in [0.4, 0.5) is 0 Å². The number of nitrogens with one attached hydrogen (secondary N) is 3. The van der Waals surface area contributed by atoms with E-state index in [1.54, 1.807) is 17.4 Å². The lowest BCUT2D eigenvalue weighted by Crippen LogP contribution is -2.42. The number of hydrogen-bond donors (Lipinski definition) is 3. The van der Waals surface area contributed by atoms with Gasteiger partial charge in [-0.1, -0.05) is 17.7 Å². The molecule has 2 amide bonds. The average Bonchev–Trinajstić information content (AvgIpc) is 3.09. The van der Waals surface area contributed by atoms with Gasteiger partial charge in [-0.3, -0.25) is 25.2 Å². The Hall–Kier alpha value is -3.00. The van der Waals surface area contributed by atoms with Gasteiger partial charge in [0.15, 0.2) is 0 Å². The van der Waals surface area contributed by atoms with E-state index >= 15 is 0 Å². The molecule has 1 aliphatic rings. The number of hydrogen-bond acceptors (Lipinski definition) is 5. The Balaban J connectivity index is 1.37. The van der Waals surface area contributed by atoms with Crippen molar-refractivity contribution in [3.05, 3.63) is 61.5 Å². The van der Waals surface area contributed by atoms with E-state index in [4.69, 9.17) is 0 Å². The number of hydrazine groups is 1. The highest BCUT2D eigenvalue weighted by atomic mass is 32.1. The van der Waals surface area contributed by atoms with Crippen LogP contribution in [0.15, 0.2) is 23.0 Å². The van der Waals surface area contributed by atoms with E-state index in [9.17, 15) is 14.4 Å². The number of thiophene rings is 1. The lowest BCUT2D eigenvalue weighted by atomic mass is 9.97. The van der Waals surface area contributed by atoms with Gasteiger partial charge < -0.3 is 4.98 Å². The standard InChI is InChI=1S/C22H24N4O3S/c1-12-7-8-14(13(2)11-12)20(28)26-25-18(27)10-9-17-23-21(29)19-15-5-3-4-6-16(15)30-22(19)24-17/h7-8,11H,3-6,9-10H2,1-2H3,(H,25,27)(H,26,28)(H,23,24,29). The fourth-order valence-corrected chi connectivity index (χ4v) is 5.16. The molecular weight excluding hydrogens is 400 g/mol. The van der Waals surface area contributed by atoms with E-state index < -0.39 is 0 Å². The number of H-pyrrole nitrogens is 1. The Bertz CT molecular complexity index is 1200. The van der Waals surface area contributed by atoms with Crippen molar-refractivity contribution in [1.82, 2.24) is 20.8 Å². The maximum Gasteiger partial charge on any atom is 0.269 e. The normalized spacial score (nSPS) is 13.1. The van der Waals surface area contributed by atoms with Gasteiger partial charge in [-0.05, 0) is 56.7 Å². The molecule has 1 aromatic carbocycles. The van der Waals surface area contributed by atoms with Gasteiger partial charge in [0, 0.05) is 23.3 Å². The van der Waals surface area contributed by atoms with Gasteiger partial charge in [0.05, 0.1) is 5.39 Å². The summed E-state index contributed by atoms with van der Waals surface area (Å²) in [5, 5.41) is 0.712. The highest BCUT2D eigenvalue weighted by Gasteiger charge is 2.20. The van der Waals surface area contributed by atoms with Crippen LogP contribution >= 0.6 is 11.3 Å². The molecule has 0 aliphatic heterocycles. The monoisotopic (exact) mass is 424 g/mol. The van der Waals surface area contributed by atoms with E-state index in [1.165, 1.54) is 4.88 Å². The fourth-order valence-electron chi connectivity index (χ4n) is 3.88. The third-order valence-corrected chi connectivity index (χ3v) is 6.59. The Morgan fingerprint density at radius 1 is 1.17 bits per heavy atom. The Morgan fingerprint density at radius 2 is 1.97 bits per heavy atom. The summed E-state index contributed by atoms with van der Waals surface area (Å²) in [6.07, 6.45) is 4.59. The van der Waals surface area contributed by atoms with Crippen LogP contribution in [0.3, 0.4) is 0 Å². The molecule has 7 nitrogen and oxygen atoms in total. The van der Waals surface area contributed by atoms with Gasteiger partial charge in [0.2, 0.25) is 5.91 Å². The molecule has 0 radical (unpaired) electrons. The van der Waals surface area contributed by atoms with Gasteiger partial charge in [-0.25, -0.2) is 4.98 Å². The van der Waals surface area contributed by atoms with Gasteiger partial charge >= 0.3 is 0 Å². The molecule has 0 bridgehead atoms. The van der Waals surface area contributed by atoms with Crippen molar-refractivity contribution < 1.29 is 9.59 Å². The molecule has 156 valence electrons. The average molecular weight is 425 g/mol. The highest BCUT2D eigenvalue weighted by Crippen LogP contribution is 2.33. The first kappa shape index (κ1) is 20.3. The summed E-state index contributed by atoms with van der Waals surface area (Å²) in [7, 11) is 0. The predicted octanol–water partition coefficient (Wildman–Crippen LogP) is 2.87. The predicted molar refractivity (Wildman–Crippen MR) is 117 cm³/mol. The number of nitrogens with zero attached hydrogens (tertiary/aromatic N) is 1. The van der Waals surface area contributed by atoms with E-state index in [0.717, 1.165) is 47.2 Å². The molecule has 30 heavy (non-hydrogen) atoms. The number of amides is 2. The van der Waals surface area contributed by atoms with Gasteiger partial charge in [0.25, 0.3) is 11.5 Å². The Labute approximate surface area is 177 Å². The zero-order chi connectivity index (χ0) is 21.3. The SMILES string of the molecule is Cc1ccc(C(=O)NNC(=O)CCc2nc3sc4c(c3c(=O)[nH]2)CCCC4)c(C)c1. The number of carbonyl (C=O) groups excluding carboxylic acids is 2. The molecule has 0 saturated heterocycles. The van der Waals surface area contributed by atoms with Crippen molar-refractivity contribution in [2.45, 2.75) is 52.4 Å². The summed E-state index contributed by atoms with van der Waals surface area (Å²) in [6.45, 7) is 3.81. The van der Waals surface area contributed by atoms with Crippen LogP contribution < -0.4 is 16.4 Å². The zero-order valence-corrected chi connectivity index (χ0v) is 17.9. The summed E-state index contributed by atoms with van der Waals surface area (Å²) < 4.78 is 0. The minimum Gasteiger partial charge on any atom is -0.310 e. The first-order valence-corrected chi connectivity index (χ1v) is 10.9. The molecule has 1 aliphatic carbocycles. The lowest BCUT2D eigenvalue weighted by molar-refractivity contribution is -0.121. The smallest absolute Gasteiger partial charge is 0.269 e. The number of aryl methyl sites for hydroxylation is 5. The first-order chi connectivity index (χ1) is 14.4. The molecule has 8 heteroatoms. The third kappa shape index (κ3) is 4.14. The van der Waals surface area contributed by atoms with Crippen LogP contribution in [0.5, 0.6) is 0 Å². The maximum absolute atomic E-state index is 12.6. The Kier molecular flexibility index (Phi) is 5.67. The molecule has 0 fully saturated rings. The summed E-state index contributed by atoms with van der Waals surface area (Å²) in [5.74, 6) is -0.221. The van der Waals surface area contributed by atoms with E-state index in [2.05, 4.69) is 20.8 Å². The number of aromatic amines is 1. The fraction of sp³-hybridized carbons (Fsp3) is 0.364. The second kappa shape index (κ2) is 8.39. The maximum atomic E-state index is 12.6. The van der Waals surface area contributed by atoms with Crippen LogP contribution in [0.1, 0.15) is 57.0 Å². The number of fused-ring (bicyclic) bond motifs is 3. The molecular formula is C22H24N4O3S. The summed E-state index contributed by atoms with van der Waals surface area (Å²) >= 11 is 1.59. The number of rotatable bonds is 4. The second-order valence-corrected chi connectivity index (χ2v) is 8.81. The number of aromatic nitrogens is 2. The molecule has 3 N–H and O–H groups in total. The van der Waals surface area contributed by atoms with Crippen molar-refractivity contribution in [2.75, 3.05) is 0 Å². The summed E-state index contributed by atoms with van der Waals surface area (Å²) in [6, 6.07) is 5.50.